The first-order valence-electron chi connectivity index (χ1n) is 10.4. The Bertz CT molecular complexity index is 1140. The van der Waals surface area contributed by atoms with E-state index in [1.54, 1.807) is 19.1 Å². The van der Waals surface area contributed by atoms with Crippen LogP contribution in [0.1, 0.15) is 30.4 Å². The Kier molecular flexibility index (Phi) is 9.92. The molecule has 3 N–H and O–H groups in total. The lowest BCUT2D eigenvalue weighted by molar-refractivity contribution is -0.142. The molecule has 0 aromatic heterocycles. The van der Waals surface area contributed by atoms with E-state index in [-0.39, 0.29) is 22.9 Å². The summed E-state index contributed by atoms with van der Waals surface area (Å²) in [4.78, 5) is 24.1. The van der Waals surface area contributed by atoms with Crippen molar-refractivity contribution >= 4 is 39.3 Å². The van der Waals surface area contributed by atoms with Crippen LogP contribution in [-0.4, -0.2) is 40.1 Å². The number of amides is 2. The normalized spacial score (nSPS) is 12.6. The Morgan fingerprint density at radius 2 is 1.74 bits per heavy atom. The molecular formula is C22H25ClF3N3O5S. The summed E-state index contributed by atoms with van der Waals surface area (Å²) in [7, 11) is -2.84. The third-order valence-electron chi connectivity index (χ3n) is 4.85. The zero-order chi connectivity index (χ0) is 26.2. The maximum Gasteiger partial charge on any atom is 0.418 e. The molecule has 0 spiro atoms. The number of halogens is 4. The molecule has 2 rings (SSSR count). The summed E-state index contributed by atoms with van der Waals surface area (Å²) < 4.78 is 71.5. The van der Waals surface area contributed by atoms with Crippen LogP contribution in [0.5, 0.6) is 0 Å². The first-order chi connectivity index (χ1) is 16.3. The van der Waals surface area contributed by atoms with Gasteiger partial charge in [-0.25, -0.2) is 13.2 Å². The minimum atomic E-state index is -4.71. The molecule has 1 atom stereocenters. The van der Waals surface area contributed by atoms with E-state index in [2.05, 4.69) is 20.1 Å². The summed E-state index contributed by atoms with van der Waals surface area (Å²) in [6.07, 6.45) is -4.00. The molecule has 2 aromatic rings. The molecule has 0 aliphatic heterocycles. The van der Waals surface area contributed by atoms with E-state index < -0.39 is 45.5 Å². The first kappa shape index (κ1) is 28.4. The number of carbonyl (C=O) groups excluding carboxylic acids is 2. The highest BCUT2D eigenvalue weighted by atomic mass is 35.5. The van der Waals surface area contributed by atoms with E-state index in [9.17, 15) is 31.2 Å². The van der Waals surface area contributed by atoms with Crippen molar-refractivity contribution in [3.05, 3.63) is 58.6 Å². The van der Waals surface area contributed by atoms with E-state index in [0.29, 0.717) is 18.9 Å². The van der Waals surface area contributed by atoms with Crippen LogP contribution in [0.4, 0.5) is 23.7 Å². The predicted molar refractivity (Wildman–Crippen MR) is 125 cm³/mol. The fourth-order valence-corrected chi connectivity index (χ4v) is 4.43. The third kappa shape index (κ3) is 8.71. The van der Waals surface area contributed by atoms with Crippen molar-refractivity contribution in [1.82, 2.24) is 10.0 Å². The molecule has 35 heavy (non-hydrogen) atoms. The summed E-state index contributed by atoms with van der Waals surface area (Å²) in [5.74, 6) is -0.770. The molecular weight excluding hydrogens is 511 g/mol. The fraction of sp³-hybridized carbons (Fsp3) is 0.364. The van der Waals surface area contributed by atoms with E-state index in [4.69, 9.17) is 11.6 Å². The second-order valence-corrected chi connectivity index (χ2v) is 9.72. The van der Waals surface area contributed by atoms with Gasteiger partial charge in [-0.15, -0.1) is 0 Å². The molecule has 0 aliphatic carbocycles. The smallest absolute Gasteiger partial charge is 0.418 e. The van der Waals surface area contributed by atoms with E-state index in [1.807, 2.05) is 0 Å². The molecule has 0 fully saturated rings. The van der Waals surface area contributed by atoms with Gasteiger partial charge in [-0.05, 0) is 56.5 Å². The summed E-state index contributed by atoms with van der Waals surface area (Å²) in [6, 6.07) is 7.05. The Labute approximate surface area is 206 Å². The van der Waals surface area contributed by atoms with Crippen LogP contribution >= 0.6 is 11.6 Å². The molecule has 0 aliphatic rings. The number of unbranched alkanes of at least 4 members (excludes halogenated alkanes) is 1. The lowest BCUT2D eigenvalue weighted by atomic mass is 10.1. The number of carbonyl (C=O) groups is 2. The second kappa shape index (κ2) is 12.2. The number of sulfonamides is 1. The molecule has 0 heterocycles. The van der Waals surface area contributed by atoms with Crippen LogP contribution in [0.15, 0.2) is 47.4 Å². The number of urea groups is 1. The van der Waals surface area contributed by atoms with Gasteiger partial charge in [0, 0.05) is 11.6 Å². The maximum atomic E-state index is 13.1. The molecule has 0 radical (unpaired) electrons. The number of ether oxygens (including phenoxy) is 1. The van der Waals surface area contributed by atoms with Gasteiger partial charge in [-0.2, -0.15) is 17.9 Å². The first-order valence-corrected chi connectivity index (χ1v) is 12.3. The maximum absolute atomic E-state index is 13.1. The number of nitrogens with one attached hydrogen (secondary N) is 3. The predicted octanol–water partition coefficient (Wildman–Crippen LogP) is 4.48. The zero-order valence-corrected chi connectivity index (χ0v) is 20.5. The van der Waals surface area contributed by atoms with Crippen LogP contribution in [0.3, 0.4) is 0 Å². The number of benzene rings is 2. The van der Waals surface area contributed by atoms with Gasteiger partial charge < -0.3 is 15.4 Å². The SMILES string of the molecule is COC(=O)C(CCCCNC(=O)Nc1ccc(Cl)cc1C(F)(F)F)NS(=O)(=O)c1ccc(C)cc1. The Morgan fingerprint density at radius 1 is 1.09 bits per heavy atom. The third-order valence-corrected chi connectivity index (χ3v) is 6.58. The summed E-state index contributed by atoms with van der Waals surface area (Å²) >= 11 is 5.61. The highest BCUT2D eigenvalue weighted by molar-refractivity contribution is 7.89. The number of esters is 1. The zero-order valence-electron chi connectivity index (χ0n) is 18.9. The minimum Gasteiger partial charge on any atom is -0.468 e. The van der Waals surface area contributed by atoms with E-state index >= 15 is 0 Å². The van der Waals surface area contributed by atoms with Gasteiger partial charge in [0.1, 0.15) is 6.04 Å². The molecule has 1 unspecified atom stereocenters. The molecule has 0 saturated carbocycles. The van der Waals surface area contributed by atoms with Crippen LogP contribution in [0.25, 0.3) is 0 Å². The summed E-state index contributed by atoms with van der Waals surface area (Å²) in [6.45, 7) is 1.87. The minimum absolute atomic E-state index is 0.00392. The monoisotopic (exact) mass is 535 g/mol. The quantitative estimate of drug-likeness (QED) is 0.307. The van der Waals surface area contributed by atoms with Crippen LogP contribution < -0.4 is 15.4 Å². The number of aryl methyl sites for hydroxylation is 1. The average molecular weight is 536 g/mol. The van der Waals surface area contributed by atoms with Gasteiger partial charge in [-0.1, -0.05) is 29.3 Å². The van der Waals surface area contributed by atoms with Gasteiger partial charge in [-0.3, -0.25) is 4.79 Å². The fourth-order valence-electron chi connectivity index (χ4n) is 3.04. The summed E-state index contributed by atoms with van der Waals surface area (Å²) in [5.41, 5.74) is -0.659. The van der Waals surface area contributed by atoms with Crippen molar-refractivity contribution in [2.75, 3.05) is 19.0 Å². The Balaban J connectivity index is 1.88. The largest absolute Gasteiger partial charge is 0.468 e. The Morgan fingerprint density at radius 3 is 2.34 bits per heavy atom. The lowest BCUT2D eigenvalue weighted by Gasteiger charge is -2.17. The molecule has 8 nitrogen and oxygen atoms in total. The standard InChI is InChI=1S/C22H25ClF3N3O5S/c1-14-6-9-16(10-7-14)35(32,33)29-19(20(30)34-2)5-3-4-12-27-21(31)28-18-11-8-15(23)13-17(18)22(24,25)26/h6-11,13,19,29H,3-5,12H2,1-2H3,(H2,27,28,31). The molecule has 2 amide bonds. The van der Waals surface area contributed by atoms with Crippen molar-refractivity contribution in [3.63, 3.8) is 0 Å². The number of anilines is 1. The number of hydrogen-bond acceptors (Lipinski definition) is 5. The number of alkyl halides is 3. The molecule has 192 valence electrons. The highest BCUT2D eigenvalue weighted by Gasteiger charge is 2.34. The van der Waals surface area contributed by atoms with E-state index in [0.717, 1.165) is 18.7 Å². The van der Waals surface area contributed by atoms with Crippen molar-refractivity contribution in [3.8, 4) is 0 Å². The van der Waals surface area contributed by atoms with Crippen LogP contribution in [-0.2, 0) is 25.7 Å². The van der Waals surface area contributed by atoms with Gasteiger partial charge in [0.2, 0.25) is 10.0 Å². The highest BCUT2D eigenvalue weighted by Crippen LogP contribution is 2.36. The van der Waals surface area contributed by atoms with Crippen molar-refractivity contribution < 1.29 is 35.9 Å². The lowest BCUT2D eigenvalue weighted by Crippen LogP contribution is -2.41. The van der Waals surface area contributed by atoms with Crippen LogP contribution in [0.2, 0.25) is 5.02 Å². The molecule has 0 saturated heterocycles. The van der Waals surface area contributed by atoms with Gasteiger partial charge in [0.15, 0.2) is 0 Å². The van der Waals surface area contributed by atoms with Crippen molar-refractivity contribution in [2.24, 2.45) is 0 Å². The van der Waals surface area contributed by atoms with Crippen molar-refractivity contribution in [2.45, 2.75) is 43.3 Å². The van der Waals surface area contributed by atoms with Gasteiger partial charge >= 0.3 is 18.2 Å². The molecule has 13 heteroatoms. The number of rotatable bonds is 10. The second-order valence-electron chi connectivity index (χ2n) is 7.57. The average Bonchev–Trinajstić information content (AvgIpc) is 2.78. The molecule has 2 aromatic carbocycles. The number of methoxy groups -OCH3 is 1. The molecule has 0 bridgehead atoms. The topological polar surface area (TPSA) is 114 Å². The Hall–Kier alpha value is -2.83. The van der Waals surface area contributed by atoms with Crippen molar-refractivity contribution in [1.29, 1.82) is 0 Å². The van der Waals surface area contributed by atoms with Gasteiger partial charge in [0.25, 0.3) is 0 Å². The number of hydrogen-bond donors (Lipinski definition) is 3. The summed E-state index contributed by atoms with van der Waals surface area (Å²) in [5, 5.41) is 4.42. The van der Waals surface area contributed by atoms with Gasteiger partial charge in [0.05, 0.1) is 23.3 Å². The van der Waals surface area contributed by atoms with E-state index in [1.165, 1.54) is 18.2 Å². The van der Waals surface area contributed by atoms with Crippen LogP contribution in [0, 0.1) is 6.92 Å².